The summed E-state index contributed by atoms with van der Waals surface area (Å²) in [5.74, 6) is -5.47. The Labute approximate surface area is 128 Å². The summed E-state index contributed by atoms with van der Waals surface area (Å²) >= 11 is 0. The first-order valence-corrected chi connectivity index (χ1v) is 6.30. The van der Waals surface area contributed by atoms with E-state index in [1.54, 1.807) is 0 Å². The van der Waals surface area contributed by atoms with Crippen molar-refractivity contribution in [2.24, 2.45) is 5.92 Å². The Morgan fingerprint density at radius 3 is 2.43 bits per heavy atom. The average Bonchev–Trinajstić information content (AvgIpc) is 2.43. The second-order valence-corrected chi connectivity index (χ2v) is 4.69. The van der Waals surface area contributed by atoms with Crippen LogP contribution >= 0.6 is 0 Å². The first-order chi connectivity index (χ1) is 10.6. The van der Waals surface area contributed by atoms with E-state index >= 15 is 0 Å². The number of hydrogen-bond acceptors (Lipinski definition) is 3. The first-order valence-electron chi connectivity index (χ1n) is 6.30. The van der Waals surface area contributed by atoms with Gasteiger partial charge in [-0.25, -0.2) is 13.6 Å². The minimum Gasteiger partial charge on any atom is -0.481 e. The molecule has 2 N–H and O–H groups in total. The number of hydrogen-bond donors (Lipinski definition) is 2. The van der Waals surface area contributed by atoms with Crippen molar-refractivity contribution in [1.82, 2.24) is 4.90 Å². The van der Waals surface area contributed by atoms with Gasteiger partial charge in [-0.05, 0) is 0 Å². The summed E-state index contributed by atoms with van der Waals surface area (Å²) < 4.78 is 54.9. The molecule has 1 aromatic rings. The van der Waals surface area contributed by atoms with Crippen LogP contribution < -0.4 is 10.1 Å². The topological polar surface area (TPSA) is 78.9 Å². The molecule has 1 aromatic carbocycles. The molecule has 1 rings (SSSR count). The van der Waals surface area contributed by atoms with Gasteiger partial charge in [-0.2, -0.15) is 8.78 Å². The number of rotatable bonds is 6. The number of aliphatic carboxylic acids is 1. The molecule has 10 heteroatoms. The molecule has 0 bridgehead atoms. The zero-order chi connectivity index (χ0) is 17.7. The number of ether oxygens (including phenoxy) is 1. The maximum atomic E-state index is 13.7. The highest BCUT2D eigenvalue weighted by Gasteiger charge is 2.20. The molecule has 0 aliphatic carbocycles. The average molecular weight is 338 g/mol. The Morgan fingerprint density at radius 1 is 1.30 bits per heavy atom. The summed E-state index contributed by atoms with van der Waals surface area (Å²) in [6.45, 7) is -2.13. The molecule has 1 atom stereocenters. The van der Waals surface area contributed by atoms with Crippen LogP contribution in [0.2, 0.25) is 0 Å². The lowest BCUT2D eigenvalue weighted by atomic mass is 10.2. The Bertz CT molecular complexity index is 598. The third-order valence-electron chi connectivity index (χ3n) is 2.80. The number of halogens is 4. The molecule has 6 nitrogen and oxygen atoms in total. The van der Waals surface area contributed by atoms with Crippen molar-refractivity contribution in [3.05, 3.63) is 23.8 Å². The zero-order valence-electron chi connectivity index (χ0n) is 12.1. The molecule has 128 valence electrons. The number of carbonyl (C=O) groups is 2. The Morgan fingerprint density at radius 2 is 1.91 bits per heavy atom. The third kappa shape index (κ3) is 5.31. The molecule has 23 heavy (non-hydrogen) atoms. The zero-order valence-corrected chi connectivity index (χ0v) is 12.1. The van der Waals surface area contributed by atoms with Gasteiger partial charge in [0.05, 0.1) is 11.6 Å². The molecule has 2 amide bonds. The number of nitrogens with one attached hydrogen (secondary N) is 1. The van der Waals surface area contributed by atoms with Gasteiger partial charge in [0.25, 0.3) is 0 Å². The van der Waals surface area contributed by atoms with Gasteiger partial charge in [-0.3, -0.25) is 4.79 Å². The van der Waals surface area contributed by atoms with Crippen LogP contribution in [0.5, 0.6) is 5.75 Å². The van der Waals surface area contributed by atoms with Crippen LogP contribution in [-0.4, -0.2) is 42.2 Å². The first kappa shape index (κ1) is 18.5. The highest BCUT2D eigenvalue weighted by molar-refractivity contribution is 5.89. The number of anilines is 1. The van der Waals surface area contributed by atoms with Crippen molar-refractivity contribution in [3.63, 3.8) is 0 Å². The maximum absolute atomic E-state index is 13.7. The lowest BCUT2D eigenvalue weighted by molar-refractivity contribution is -0.141. The van der Waals surface area contributed by atoms with E-state index in [1.807, 2.05) is 5.32 Å². The molecule has 0 heterocycles. The van der Waals surface area contributed by atoms with Crippen LogP contribution in [0.25, 0.3) is 0 Å². The lowest BCUT2D eigenvalue weighted by Gasteiger charge is -2.20. The Kier molecular flexibility index (Phi) is 6.17. The highest BCUT2D eigenvalue weighted by atomic mass is 19.3. The quantitative estimate of drug-likeness (QED) is 0.782. The molecule has 0 radical (unpaired) electrons. The van der Waals surface area contributed by atoms with E-state index < -0.39 is 47.6 Å². The van der Waals surface area contributed by atoms with Crippen LogP contribution in [0.15, 0.2) is 12.1 Å². The molecule has 1 unspecified atom stereocenters. The van der Waals surface area contributed by atoms with E-state index in [0.717, 1.165) is 4.90 Å². The molecule has 0 aromatic heterocycles. The largest absolute Gasteiger partial charge is 0.481 e. The number of amides is 2. The van der Waals surface area contributed by atoms with E-state index in [4.69, 9.17) is 5.11 Å². The molecular weight excluding hydrogens is 324 g/mol. The Balaban J connectivity index is 2.82. The van der Waals surface area contributed by atoms with Crippen LogP contribution in [0, 0.1) is 17.6 Å². The van der Waals surface area contributed by atoms with Gasteiger partial charge in [0.15, 0.2) is 17.4 Å². The Hall–Kier alpha value is -2.52. The summed E-state index contributed by atoms with van der Waals surface area (Å²) in [4.78, 5) is 23.4. The normalized spacial score (nSPS) is 12.0. The number of carboxylic acids is 1. The van der Waals surface area contributed by atoms with Gasteiger partial charge in [0.2, 0.25) is 0 Å². The SMILES string of the molecule is CC(CN(C)C(=O)Nc1cc(F)c(OC(F)F)cc1F)C(=O)O. The van der Waals surface area contributed by atoms with Crippen molar-refractivity contribution in [3.8, 4) is 5.75 Å². The van der Waals surface area contributed by atoms with Gasteiger partial charge >= 0.3 is 18.6 Å². The molecular formula is C13H14F4N2O4. The van der Waals surface area contributed by atoms with Crippen molar-refractivity contribution >= 4 is 17.7 Å². The van der Waals surface area contributed by atoms with E-state index in [-0.39, 0.29) is 6.54 Å². The van der Waals surface area contributed by atoms with Crippen molar-refractivity contribution in [2.45, 2.75) is 13.5 Å². The molecule has 0 spiro atoms. The fraction of sp³-hybridized carbons (Fsp3) is 0.385. The highest BCUT2D eigenvalue weighted by Crippen LogP contribution is 2.26. The summed E-state index contributed by atoms with van der Waals surface area (Å²) in [6, 6.07) is -0.0324. The summed E-state index contributed by atoms with van der Waals surface area (Å²) in [5, 5.41) is 10.8. The number of benzene rings is 1. The van der Waals surface area contributed by atoms with Crippen molar-refractivity contribution in [1.29, 1.82) is 0 Å². The molecule has 0 saturated heterocycles. The lowest BCUT2D eigenvalue weighted by Crippen LogP contribution is -2.36. The van der Waals surface area contributed by atoms with Gasteiger partial charge in [0, 0.05) is 25.7 Å². The predicted octanol–water partition coefficient (Wildman–Crippen LogP) is 2.75. The number of carboxylic acid groups (broad SMARTS) is 1. The smallest absolute Gasteiger partial charge is 0.387 e. The number of carbonyl (C=O) groups excluding carboxylic acids is 1. The van der Waals surface area contributed by atoms with Crippen LogP contribution in [0.4, 0.5) is 28.0 Å². The van der Waals surface area contributed by atoms with Crippen LogP contribution in [0.1, 0.15) is 6.92 Å². The van der Waals surface area contributed by atoms with E-state index in [1.165, 1.54) is 14.0 Å². The number of nitrogens with zero attached hydrogens (tertiary/aromatic N) is 1. The van der Waals surface area contributed by atoms with E-state index in [9.17, 15) is 27.2 Å². The van der Waals surface area contributed by atoms with Crippen molar-refractivity contribution < 1.29 is 37.0 Å². The standard InChI is InChI=1S/C13H14F4N2O4/c1-6(11(20)21)5-19(2)13(22)18-9-3-8(15)10(4-7(9)14)23-12(16)17/h3-4,6,12H,5H2,1-2H3,(H,18,22)(H,20,21). The molecule has 0 fully saturated rings. The number of alkyl halides is 2. The minimum absolute atomic E-state index is 0.169. The van der Waals surface area contributed by atoms with E-state index in [0.29, 0.717) is 12.1 Å². The second kappa shape index (κ2) is 7.65. The minimum atomic E-state index is -3.33. The van der Waals surface area contributed by atoms with Gasteiger partial charge in [-0.15, -0.1) is 0 Å². The number of urea groups is 1. The monoisotopic (exact) mass is 338 g/mol. The third-order valence-corrected chi connectivity index (χ3v) is 2.80. The maximum Gasteiger partial charge on any atom is 0.387 e. The summed E-state index contributed by atoms with van der Waals surface area (Å²) in [6.07, 6.45) is 0. The predicted molar refractivity (Wildman–Crippen MR) is 71.4 cm³/mol. The van der Waals surface area contributed by atoms with Crippen molar-refractivity contribution in [2.75, 3.05) is 18.9 Å². The fourth-order valence-electron chi connectivity index (χ4n) is 1.59. The fourth-order valence-corrected chi connectivity index (χ4v) is 1.59. The second-order valence-electron chi connectivity index (χ2n) is 4.69. The van der Waals surface area contributed by atoms with Gasteiger partial charge < -0.3 is 20.1 Å². The molecule has 0 aliphatic heterocycles. The van der Waals surface area contributed by atoms with Gasteiger partial charge in [-0.1, -0.05) is 6.92 Å². The summed E-state index contributed by atoms with van der Waals surface area (Å²) in [7, 11) is 1.26. The van der Waals surface area contributed by atoms with Crippen LogP contribution in [0.3, 0.4) is 0 Å². The van der Waals surface area contributed by atoms with Gasteiger partial charge in [0.1, 0.15) is 0 Å². The molecule has 0 aliphatic rings. The molecule has 0 saturated carbocycles. The van der Waals surface area contributed by atoms with Crippen LogP contribution in [-0.2, 0) is 4.79 Å². The van der Waals surface area contributed by atoms with E-state index in [2.05, 4.69) is 4.74 Å². The summed E-state index contributed by atoms with van der Waals surface area (Å²) in [5.41, 5.74) is -0.594.